The summed E-state index contributed by atoms with van der Waals surface area (Å²) in [6.45, 7) is 1.20. The second-order valence-corrected chi connectivity index (χ2v) is 6.92. The number of fused-ring (bicyclic) bond motifs is 1. The highest BCUT2D eigenvalue weighted by atomic mass is 35.5. The fraction of sp³-hybridized carbons (Fsp3) is 0.316. The number of nitrogens with zero attached hydrogens (tertiary/aromatic N) is 1. The lowest BCUT2D eigenvalue weighted by molar-refractivity contribution is -0.136. The molecule has 2 aliphatic heterocycles. The Morgan fingerprint density at radius 2 is 1.96 bits per heavy atom. The van der Waals surface area contributed by atoms with E-state index in [0.717, 1.165) is 11.3 Å². The molecular weight excluding hydrogens is 324 g/mol. The van der Waals surface area contributed by atoms with Gasteiger partial charge in [-0.2, -0.15) is 0 Å². The Labute approximate surface area is 146 Å². The van der Waals surface area contributed by atoms with Gasteiger partial charge in [0.2, 0.25) is 0 Å². The zero-order chi connectivity index (χ0) is 16.7. The predicted octanol–water partition coefficient (Wildman–Crippen LogP) is 2.60. The standard InChI is InChI=1S/C19H19ClN2O2/c20-14-6-7-17-13(8-14)9-18(24-17)19(23)22-10-15(16(21)11-22)12-4-2-1-3-5-12/h1-8,15-16,18H,9-11,21H2/t15-,16+,18?/m0/s1. The number of hydrogen-bond donors (Lipinski definition) is 1. The summed E-state index contributed by atoms with van der Waals surface area (Å²) >= 11 is 6.02. The van der Waals surface area contributed by atoms with E-state index in [9.17, 15) is 4.79 Å². The van der Waals surface area contributed by atoms with Gasteiger partial charge in [-0.15, -0.1) is 0 Å². The van der Waals surface area contributed by atoms with Gasteiger partial charge in [0.1, 0.15) is 5.75 Å². The topological polar surface area (TPSA) is 55.6 Å². The lowest BCUT2D eigenvalue weighted by Crippen LogP contribution is -2.41. The highest BCUT2D eigenvalue weighted by molar-refractivity contribution is 6.30. The Hall–Kier alpha value is -2.04. The van der Waals surface area contributed by atoms with Crippen LogP contribution in [0.2, 0.25) is 5.02 Å². The van der Waals surface area contributed by atoms with E-state index in [-0.39, 0.29) is 17.9 Å². The van der Waals surface area contributed by atoms with Gasteiger partial charge in [-0.3, -0.25) is 4.79 Å². The van der Waals surface area contributed by atoms with Crippen LogP contribution in [0.25, 0.3) is 0 Å². The van der Waals surface area contributed by atoms with Crippen molar-refractivity contribution in [1.82, 2.24) is 4.90 Å². The van der Waals surface area contributed by atoms with Gasteiger partial charge >= 0.3 is 0 Å². The first-order valence-electron chi connectivity index (χ1n) is 8.16. The summed E-state index contributed by atoms with van der Waals surface area (Å²) in [4.78, 5) is 14.7. The molecule has 2 aromatic carbocycles. The molecule has 2 aromatic rings. The van der Waals surface area contributed by atoms with Crippen molar-refractivity contribution in [3.8, 4) is 5.75 Å². The molecule has 5 heteroatoms. The molecule has 24 heavy (non-hydrogen) atoms. The van der Waals surface area contributed by atoms with Crippen molar-refractivity contribution >= 4 is 17.5 Å². The summed E-state index contributed by atoms with van der Waals surface area (Å²) in [5.74, 6) is 0.936. The SMILES string of the molecule is N[C@@H]1CN(C(=O)C2Cc3cc(Cl)ccc3O2)C[C@H]1c1ccccc1. The van der Waals surface area contributed by atoms with Crippen molar-refractivity contribution < 1.29 is 9.53 Å². The van der Waals surface area contributed by atoms with Crippen molar-refractivity contribution in [1.29, 1.82) is 0 Å². The minimum Gasteiger partial charge on any atom is -0.480 e. The molecule has 2 heterocycles. The number of hydrogen-bond acceptors (Lipinski definition) is 3. The maximum Gasteiger partial charge on any atom is 0.264 e. The number of ether oxygens (including phenoxy) is 1. The smallest absolute Gasteiger partial charge is 0.264 e. The van der Waals surface area contributed by atoms with Gasteiger partial charge in [-0.05, 0) is 29.3 Å². The van der Waals surface area contributed by atoms with Crippen LogP contribution in [0.1, 0.15) is 17.0 Å². The highest BCUT2D eigenvalue weighted by Gasteiger charge is 2.39. The molecule has 0 bridgehead atoms. The third kappa shape index (κ3) is 2.76. The Balaban J connectivity index is 1.47. The molecule has 1 fully saturated rings. The number of likely N-dealkylation sites (tertiary alicyclic amines) is 1. The van der Waals surface area contributed by atoms with Crippen LogP contribution in [0.4, 0.5) is 0 Å². The van der Waals surface area contributed by atoms with Crippen LogP contribution in [-0.4, -0.2) is 36.0 Å². The molecule has 0 radical (unpaired) electrons. The minimum atomic E-state index is -0.472. The summed E-state index contributed by atoms with van der Waals surface area (Å²) in [5, 5.41) is 0.665. The van der Waals surface area contributed by atoms with Crippen LogP contribution in [-0.2, 0) is 11.2 Å². The third-order valence-electron chi connectivity index (χ3n) is 4.88. The zero-order valence-electron chi connectivity index (χ0n) is 13.2. The van der Waals surface area contributed by atoms with Crippen LogP contribution >= 0.6 is 11.6 Å². The van der Waals surface area contributed by atoms with E-state index in [1.54, 1.807) is 6.07 Å². The van der Waals surface area contributed by atoms with Crippen molar-refractivity contribution in [2.75, 3.05) is 13.1 Å². The largest absolute Gasteiger partial charge is 0.480 e. The number of nitrogens with two attached hydrogens (primary N) is 1. The van der Waals surface area contributed by atoms with E-state index >= 15 is 0 Å². The van der Waals surface area contributed by atoms with Crippen LogP contribution in [0, 0.1) is 0 Å². The minimum absolute atomic E-state index is 0.0104. The van der Waals surface area contributed by atoms with E-state index in [4.69, 9.17) is 22.1 Å². The number of amides is 1. The molecule has 2 aliphatic rings. The van der Waals surface area contributed by atoms with Crippen molar-refractivity contribution in [3.05, 3.63) is 64.7 Å². The van der Waals surface area contributed by atoms with Gasteiger partial charge < -0.3 is 15.4 Å². The van der Waals surface area contributed by atoms with Gasteiger partial charge in [0, 0.05) is 36.5 Å². The Morgan fingerprint density at radius 1 is 1.17 bits per heavy atom. The van der Waals surface area contributed by atoms with Gasteiger partial charge in [0.05, 0.1) is 0 Å². The van der Waals surface area contributed by atoms with Crippen molar-refractivity contribution in [3.63, 3.8) is 0 Å². The average Bonchev–Trinajstić information content (AvgIpc) is 3.18. The number of halogens is 1. The highest BCUT2D eigenvalue weighted by Crippen LogP contribution is 2.33. The zero-order valence-corrected chi connectivity index (χ0v) is 13.9. The van der Waals surface area contributed by atoms with Gasteiger partial charge in [-0.1, -0.05) is 41.9 Å². The summed E-state index contributed by atoms with van der Waals surface area (Å²) < 4.78 is 5.82. The Bertz CT molecular complexity index is 765. The van der Waals surface area contributed by atoms with E-state index < -0.39 is 6.10 Å². The first kappa shape index (κ1) is 15.5. The van der Waals surface area contributed by atoms with Gasteiger partial charge in [0.15, 0.2) is 6.10 Å². The molecule has 4 rings (SSSR count). The number of carbonyl (C=O) groups excluding carboxylic acids is 1. The number of rotatable bonds is 2. The van der Waals surface area contributed by atoms with Crippen molar-refractivity contribution in [2.45, 2.75) is 24.5 Å². The predicted molar refractivity (Wildman–Crippen MR) is 93.3 cm³/mol. The quantitative estimate of drug-likeness (QED) is 0.912. The molecule has 3 atom stereocenters. The molecular formula is C19H19ClN2O2. The lowest BCUT2D eigenvalue weighted by Gasteiger charge is -2.20. The van der Waals surface area contributed by atoms with Crippen molar-refractivity contribution in [2.24, 2.45) is 5.73 Å². The first-order valence-corrected chi connectivity index (χ1v) is 8.54. The molecule has 1 amide bonds. The monoisotopic (exact) mass is 342 g/mol. The van der Waals surface area contributed by atoms with Gasteiger partial charge in [0.25, 0.3) is 5.91 Å². The fourth-order valence-electron chi connectivity index (χ4n) is 3.62. The molecule has 124 valence electrons. The molecule has 1 saturated heterocycles. The van der Waals surface area contributed by atoms with E-state index in [2.05, 4.69) is 12.1 Å². The first-order chi connectivity index (χ1) is 11.6. The molecule has 0 spiro atoms. The van der Waals surface area contributed by atoms with Crippen LogP contribution in [0.15, 0.2) is 48.5 Å². The molecule has 4 nitrogen and oxygen atoms in total. The third-order valence-corrected chi connectivity index (χ3v) is 5.11. The van der Waals surface area contributed by atoms with E-state index in [1.807, 2.05) is 35.2 Å². The molecule has 1 unspecified atom stereocenters. The maximum absolute atomic E-state index is 12.8. The van der Waals surface area contributed by atoms with E-state index in [1.165, 1.54) is 5.56 Å². The summed E-state index contributed by atoms with van der Waals surface area (Å²) in [6, 6.07) is 15.6. The fourth-order valence-corrected chi connectivity index (χ4v) is 3.82. The summed E-state index contributed by atoms with van der Waals surface area (Å²) in [5.41, 5.74) is 8.46. The second-order valence-electron chi connectivity index (χ2n) is 6.49. The second kappa shape index (κ2) is 6.11. The molecule has 2 N–H and O–H groups in total. The Morgan fingerprint density at radius 3 is 2.75 bits per heavy atom. The normalized spacial score (nSPS) is 25.4. The summed E-state index contributed by atoms with van der Waals surface area (Å²) in [7, 11) is 0. The average molecular weight is 343 g/mol. The lowest BCUT2D eigenvalue weighted by atomic mass is 9.95. The Kier molecular flexibility index (Phi) is 3.94. The van der Waals surface area contributed by atoms with Crippen LogP contribution < -0.4 is 10.5 Å². The van der Waals surface area contributed by atoms with Gasteiger partial charge in [-0.25, -0.2) is 0 Å². The molecule has 0 aromatic heterocycles. The van der Waals surface area contributed by atoms with E-state index in [0.29, 0.717) is 24.5 Å². The molecule has 0 aliphatic carbocycles. The maximum atomic E-state index is 12.8. The summed E-state index contributed by atoms with van der Waals surface area (Å²) in [6.07, 6.45) is 0.0939. The van der Waals surface area contributed by atoms with Crippen LogP contribution in [0.5, 0.6) is 5.75 Å². The number of benzene rings is 2. The number of carbonyl (C=O) groups is 1. The van der Waals surface area contributed by atoms with Crippen LogP contribution in [0.3, 0.4) is 0 Å². The molecule has 0 saturated carbocycles.